The van der Waals surface area contributed by atoms with Crippen LogP contribution in [0.4, 0.5) is 26.1 Å². The molecule has 0 saturated heterocycles. The minimum Gasteiger partial charge on any atom is -0.384 e. The standard InChI is InChI=1S/C13H13BrF2N4O/c1-2-21-6-12-18-10(17)5-11(19-12)20-13-8(15)3-7(14)4-9(13)16/h3-5H,2,6H2,1H3,(H3,17,18,19,20). The Morgan fingerprint density at radius 2 is 1.90 bits per heavy atom. The first-order valence-electron chi connectivity index (χ1n) is 6.12. The highest BCUT2D eigenvalue weighted by Crippen LogP contribution is 2.26. The van der Waals surface area contributed by atoms with Gasteiger partial charge in [-0.1, -0.05) is 15.9 Å². The van der Waals surface area contributed by atoms with Crippen molar-refractivity contribution >= 4 is 33.3 Å². The molecule has 2 rings (SSSR count). The van der Waals surface area contributed by atoms with Crippen LogP contribution in [-0.4, -0.2) is 16.6 Å². The van der Waals surface area contributed by atoms with Crippen LogP contribution < -0.4 is 11.1 Å². The Morgan fingerprint density at radius 3 is 2.52 bits per heavy atom. The van der Waals surface area contributed by atoms with Gasteiger partial charge in [-0.2, -0.15) is 0 Å². The maximum Gasteiger partial charge on any atom is 0.158 e. The van der Waals surface area contributed by atoms with Gasteiger partial charge in [-0.25, -0.2) is 18.7 Å². The number of hydrogen-bond acceptors (Lipinski definition) is 5. The normalized spacial score (nSPS) is 10.7. The summed E-state index contributed by atoms with van der Waals surface area (Å²) in [5.41, 5.74) is 5.34. The van der Waals surface area contributed by atoms with Gasteiger partial charge >= 0.3 is 0 Å². The second kappa shape index (κ2) is 6.77. The Labute approximate surface area is 128 Å². The van der Waals surface area contributed by atoms with Crippen LogP contribution in [-0.2, 0) is 11.3 Å². The summed E-state index contributed by atoms with van der Waals surface area (Å²) in [6.45, 7) is 2.50. The van der Waals surface area contributed by atoms with Gasteiger partial charge in [-0.05, 0) is 19.1 Å². The molecule has 21 heavy (non-hydrogen) atoms. The molecule has 112 valence electrons. The predicted octanol–water partition coefficient (Wildman–Crippen LogP) is 3.38. The average Bonchev–Trinajstić information content (AvgIpc) is 2.40. The highest BCUT2D eigenvalue weighted by atomic mass is 79.9. The Morgan fingerprint density at radius 1 is 1.24 bits per heavy atom. The van der Waals surface area contributed by atoms with Crippen molar-refractivity contribution in [3.8, 4) is 0 Å². The van der Waals surface area contributed by atoms with Crippen molar-refractivity contribution in [3.05, 3.63) is 40.1 Å². The van der Waals surface area contributed by atoms with Crippen molar-refractivity contribution in [3.63, 3.8) is 0 Å². The van der Waals surface area contributed by atoms with Gasteiger partial charge in [-0.15, -0.1) is 0 Å². The van der Waals surface area contributed by atoms with Gasteiger partial charge in [-0.3, -0.25) is 0 Å². The van der Waals surface area contributed by atoms with Crippen LogP contribution in [0.5, 0.6) is 0 Å². The van der Waals surface area contributed by atoms with Crippen LogP contribution in [0.15, 0.2) is 22.7 Å². The third kappa shape index (κ3) is 4.08. The molecular weight excluding hydrogens is 346 g/mol. The van der Waals surface area contributed by atoms with Crippen LogP contribution in [0.3, 0.4) is 0 Å². The minimum atomic E-state index is -0.745. The molecule has 0 unspecified atom stereocenters. The van der Waals surface area contributed by atoms with Crippen molar-refractivity contribution in [1.82, 2.24) is 9.97 Å². The van der Waals surface area contributed by atoms with Crippen molar-refractivity contribution in [2.75, 3.05) is 17.7 Å². The Balaban J connectivity index is 2.29. The molecule has 0 saturated carbocycles. The quantitative estimate of drug-likeness (QED) is 0.856. The average molecular weight is 359 g/mol. The maximum atomic E-state index is 13.8. The molecule has 0 amide bonds. The van der Waals surface area contributed by atoms with E-state index >= 15 is 0 Å². The highest BCUT2D eigenvalue weighted by Gasteiger charge is 2.12. The molecule has 0 spiro atoms. The fraction of sp³-hybridized carbons (Fsp3) is 0.231. The van der Waals surface area contributed by atoms with Crippen LogP contribution in [0.25, 0.3) is 0 Å². The lowest BCUT2D eigenvalue weighted by Crippen LogP contribution is -2.06. The van der Waals surface area contributed by atoms with Gasteiger partial charge in [0, 0.05) is 17.1 Å². The first-order chi connectivity index (χ1) is 9.99. The third-order valence-corrected chi connectivity index (χ3v) is 2.95. The molecular formula is C13H13BrF2N4O. The number of nitrogen functional groups attached to an aromatic ring is 1. The van der Waals surface area contributed by atoms with Crippen molar-refractivity contribution in [2.45, 2.75) is 13.5 Å². The molecule has 0 bridgehead atoms. The lowest BCUT2D eigenvalue weighted by atomic mass is 10.3. The molecule has 1 heterocycles. The van der Waals surface area contributed by atoms with Gasteiger partial charge < -0.3 is 15.8 Å². The van der Waals surface area contributed by atoms with E-state index in [0.717, 1.165) is 12.1 Å². The second-order valence-corrected chi connectivity index (χ2v) is 5.02. The van der Waals surface area contributed by atoms with Crippen molar-refractivity contribution in [2.24, 2.45) is 0 Å². The van der Waals surface area contributed by atoms with E-state index in [2.05, 4.69) is 31.2 Å². The number of halogens is 3. The third-order valence-electron chi connectivity index (χ3n) is 2.49. The summed E-state index contributed by atoms with van der Waals surface area (Å²) in [7, 11) is 0. The molecule has 0 radical (unpaired) electrons. The number of nitrogens with one attached hydrogen (secondary N) is 1. The van der Waals surface area contributed by atoms with Gasteiger partial charge in [0.1, 0.15) is 23.9 Å². The molecule has 5 nitrogen and oxygen atoms in total. The lowest BCUT2D eigenvalue weighted by molar-refractivity contribution is 0.128. The molecule has 0 aliphatic rings. The SMILES string of the molecule is CCOCc1nc(N)cc(Nc2c(F)cc(Br)cc2F)n1. The smallest absolute Gasteiger partial charge is 0.158 e. The lowest BCUT2D eigenvalue weighted by Gasteiger charge is -2.10. The molecule has 0 aliphatic heterocycles. The van der Waals surface area contributed by atoms with Gasteiger partial charge in [0.2, 0.25) is 0 Å². The summed E-state index contributed by atoms with van der Waals surface area (Å²) < 4.78 is 33.0. The number of nitrogens with zero attached hydrogens (tertiary/aromatic N) is 2. The number of hydrogen-bond donors (Lipinski definition) is 2. The van der Waals surface area contributed by atoms with Crippen LogP contribution in [0.2, 0.25) is 0 Å². The van der Waals surface area contributed by atoms with Gasteiger partial charge in [0.25, 0.3) is 0 Å². The van der Waals surface area contributed by atoms with E-state index in [-0.39, 0.29) is 23.9 Å². The van der Waals surface area contributed by atoms with Gasteiger partial charge in [0.05, 0.1) is 0 Å². The van der Waals surface area contributed by atoms with E-state index in [1.165, 1.54) is 6.07 Å². The fourth-order valence-corrected chi connectivity index (χ4v) is 2.03. The van der Waals surface area contributed by atoms with Crippen LogP contribution in [0.1, 0.15) is 12.7 Å². The van der Waals surface area contributed by atoms with Crippen molar-refractivity contribution < 1.29 is 13.5 Å². The minimum absolute atomic E-state index is 0.168. The number of rotatable bonds is 5. The molecule has 1 aromatic heterocycles. The largest absolute Gasteiger partial charge is 0.384 e. The zero-order chi connectivity index (χ0) is 15.4. The highest BCUT2D eigenvalue weighted by molar-refractivity contribution is 9.10. The van der Waals surface area contributed by atoms with E-state index < -0.39 is 11.6 Å². The molecule has 0 atom stereocenters. The summed E-state index contributed by atoms with van der Waals surface area (Å²) in [5.74, 6) is -0.787. The molecule has 0 fully saturated rings. The van der Waals surface area contributed by atoms with Crippen LogP contribution >= 0.6 is 15.9 Å². The number of nitrogens with two attached hydrogens (primary N) is 1. The summed E-state index contributed by atoms with van der Waals surface area (Å²) in [6, 6.07) is 3.69. The predicted molar refractivity (Wildman–Crippen MR) is 79.1 cm³/mol. The first-order valence-corrected chi connectivity index (χ1v) is 6.91. The Bertz CT molecular complexity index is 631. The van der Waals surface area contributed by atoms with E-state index in [9.17, 15) is 8.78 Å². The molecule has 0 aliphatic carbocycles. The number of ether oxygens (including phenoxy) is 1. The monoisotopic (exact) mass is 358 g/mol. The van der Waals surface area contributed by atoms with E-state index in [0.29, 0.717) is 16.9 Å². The van der Waals surface area contributed by atoms with Crippen molar-refractivity contribution in [1.29, 1.82) is 0 Å². The van der Waals surface area contributed by atoms with Crippen LogP contribution in [0, 0.1) is 11.6 Å². The molecule has 8 heteroatoms. The fourth-order valence-electron chi connectivity index (χ4n) is 1.63. The maximum absolute atomic E-state index is 13.8. The number of benzene rings is 1. The second-order valence-electron chi connectivity index (χ2n) is 4.10. The van der Waals surface area contributed by atoms with Gasteiger partial charge in [0.15, 0.2) is 17.5 Å². The molecule has 1 aromatic carbocycles. The van der Waals surface area contributed by atoms with E-state index in [1.54, 1.807) is 0 Å². The Hall–Kier alpha value is -1.80. The van der Waals surface area contributed by atoms with E-state index in [4.69, 9.17) is 10.5 Å². The topological polar surface area (TPSA) is 73.1 Å². The zero-order valence-corrected chi connectivity index (χ0v) is 12.7. The first kappa shape index (κ1) is 15.6. The van der Waals surface area contributed by atoms with E-state index in [1.807, 2.05) is 6.92 Å². The number of aromatic nitrogens is 2. The zero-order valence-electron chi connectivity index (χ0n) is 11.2. The summed E-state index contributed by atoms with van der Waals surface area (Å²) >= 11 is 3.01. The molecule has 3 N–H and O–H groups in total. The molecule has 2 aromatic rings. The number of anilines is 3. The Kier molecular flexibility index (Phi) is 5.03. The summed E-state index contributed by atoms with van der Waals surface area (Å²) in [5, 5.41) is 2.57. The summed E-state index contributed by atoms with van der Waals surface area (Å²) in [4.78, 5) is 8.08. The summed E-state index contributed by atoms with van der Waals surface area (Å²) in [6.07, 6.45) is 0.